The highest BCUT2D eigenvalue weighted by atomic mass is 32.1. The Labute approximate surface area is 124 Å². The van der Waals surface area contributed by atoms with E-state index in [0.29, 0.717) is 0 Å². The first-order chi connectivity index (χ1) is 8.24. The van der Waals surface area contributed by atoms with Crippen LogP contribution in [-0.4, -0.2) is 32.9 Å². The van der Waals surface area contributed by atoms with Crippen molar-refractivity contribution in [3.05, 3.63) is 0 Å². The van der Waals surface area contributed by atoms with Crippen molar-refractivity contribution in [1.29, 1.82) is 0 Å². The summed E-state index contributed by atoms with van der Waals surface area (Å²) in [4.78, 5) is 0. The predicted molar refractivity (Wildman–Crippen MR) is 88.0 cm³/mol. The smallest absolute Gasteiger partial charge is 0.0444 e. The van der Waals surface area contributed by atoms with E-state index in [-0.39, 0.29) is 22.7 Å². The molecular weight excluding hydrogens is 264 g/mol. The number of rotatable bonds is 8. The lowest BCUT2D eigenvalue weighted by atomic mass is 10.0. The Morgan fingerprint density at radius 2 is 1.00 bits per heavy atom. The molecule has 0 radical (unpaired) electrons. The molecule has 0 heterocycles. The molecule has 2 atom stereocenters. The predicted octanol–water partition coefficient (Wildman–Crippen LogP) is 3.71. The topological polar surface area (TPSA) is 40.5 Å². The van der Waals surface area contributed by atoms with Crippen LogP contribution < -0.4 is 0 Å². The molecule has 0 aromatic heterocycles. The van der Waals surface area contributed by atoms with Gasteiger partial charge in [0.1, 0.15) is 0 Å². The van der Waals surface area contributed by atoms with E-state index in [0.717, 1.165) is 38.5 Å². The first kappa shape index (κ1) is 20.9. The van der Waals surface area contributed by atoms with Crippen molar-refractivity contribution >= 4 is 25.3 Å². The summed E-state index contributed by atoms with van der Waals surface area (Å²) in [7, 11) is 0. The third kappa shape index (κ3) is 14.7. The summed E-state index contributed by atoms with van der Waals surface area (Å²) in [6, 6.07) is 0. The zero-order chi connectivity index (χ0) is 14.7. The summed E-state index contributed by atoms with van der Waals surface area (Å²) < 4.78 is 0.0903. The molecule has 18 heavy (non-hydrogen) atoms. The minimum atomic E-state index is 0.0451. The molecule has 2 nitrogen and oxygen atoms in total. The van der Waals surface area contributed by atoms with Gasteiger partial charge >= 0.3 is 0 Å². The summed E-state index contributed by atoms with van der Waals surface area (Å²) in [5.41, 5.74) is 0. The van der Waals surface area contributed by atoms with Crippen LogP contribution >= 0.6 is 25.3 Å². The summed E-state index contributed by atoms with van der Waals surface area (Å²) >= 11 is 8.77. The molecule has 4 heteroatoms. The molecule has 112 valence electrons. The number of hydrogen-bond acceptors (Lipinski definition) is 4. The molecule has 0 rings (SSSR count). The maximum absolute atomic E-state index is 8.58. The molecule has 0 aromatic carbocycles. The van der Waals surface area contributed by atoms with Crippen LogP contribution in [0.3, 0.4) is 0 Å². The van der Waals surface area contributed by atoms with Crippen molar-refractivity contribution in [3.8, 4) is 0 Å². The SMILES string of the molecule is CCCC(C)(S)CCO.CCCC(C)(S)CCO. The third-order valence-electron chi connectivity index (χ3n) is 2.88. The summed E-state index contributed by atoms with van der Waals surface area (Å²) in [5, 5.41) is 17.2. The van der Waals surface area contributed by atoms with Gasteiger partial charge in [-0.05, 0) is 25.7 Å². The fraction of sp³-hybridized carbons (Fsp3) is 1.00. The van der Waals surface area contributed by atoms with Gasteiger partial charge in [-0.1, -0.05) is 40.5 Å². The maximum Gasteiger partial charge on any atom is 0.0444 e. The van der Waals surface area contributed by atoms with Crippen LogP contribution in [0.15, 0.2) is 0 Å². The molecule has 0 fully saturated rings. The fourth-order valence-electron chi connectivity index (χ4n) is 1.81. The van der Waals surface area contributed by atoms with Gasteiger partial charge in [0.15, 0.2) is 0 Å². The van der Waals surface area contributed by atoms with E-state index in [1.165, 1.54) is 0 Å². The molecule has 0 bridgehead atoms. The van der Waals surface area contributed by atoms with Crippen LogP contribution in [0.5, 0.6) is 0 Å². The molecule has 2 N–H and O–H groups in total. The van der Waals surface area contributed by atoms with Gasteiger partial charge in [-0.15, -0.1) is 0 Å². The Morgan fingerprint density at radius 1 is 0.722 bits per heavy atom. The van der Waals surface area contributed by atoms with Crippen molar-refractivity contribution in [2.45, 2.75) is 75.7 Å². The Morgan fingerprint density at radius 3 is 1.17 bits per heavy atom. The summed E-state index contributed by atoms with van der Waals surface area (Å²) in [5.74, 6) is 0. The van der Waals surface area contributed by atoms with Crippen molar-refractivity contribution in [2.75, 3.05) is 13.2 Å². The van der Waals surface area contributed by atoms with Crippen LogP contribution in [-0.2, 0) is 0 Å². The first-order valence-corrected chi connectivity index (χ1v) is 7.80. The standard InChI is InChI=1S/2C7H16OS/c2*1-3-4-7(2,9)5-6-8/h2*8-9H,3-6H2,1-2H3. The highest BCUT2D eigenvalue weighted by molar-refractivity contribution is 7.82. The molecule has 0 spiro atoms. The zero-order valence-electron chi connectivity index (χ0n) is 12.4. The van der Waals surface area contributed by atoms with Crippen LogP contribution in [0.2, 0.25) is 0 Å². The van der Waals surface area contributed by atoms with Crippen molar-refractivity contribution in [1.82, 2.24) is 0 Å². The minimum Gasteiger partial charge on any atom is -0.396 e. The van der Waals surface area contributed by atoms with Gasteiger partial charge in [-0.25, -0.2) is 0 Å². The highest BCUT2D eigenvalue weighted by Gasteiger charge is 2.16. The lowest BCUT2D eigenvalue weighted by molar-refractivity contribution is 0.268. The quantitative estimate of drug-likeness (QED) is 0.516. The van der Waals surface area contributed by atoms with E-state index in [2.05, 4.69) is 53.0 Å². The number of hydrogen-bond donors (Lipinski definition) is 4. The Kier molecular flexibility index (Phi) is 13.3. The van der Waals surface area contributed by atoms with Gasteiger partial charge in [-0.3, -0.25) is 0 Å². The second kappa shape index (κ2) is 11.4. The Balaban J connectivity index is 0. The van der Waals surface area contributed by atoms with E-state index in [1.807, 2.05) is 0 Å². The Hall–Kier alpha value is 0.620. The number of thiol groups is 2. The second-order valence-corrected chi connectivity index (χ2v) is 7.60. The minimum absolute atomic E-state index is 0.0451. The largest absolute Gasteiger partial charge is 0.396 e. The molecule has 0 aromatic rings. The number of aliphatic hydroxyl groups excluding tert-OH is 2. The van der Waals surface area contributed by atoms with Gasteiger partial charge in [0.25, 0.3) is 0 Å². The molecule has 0 saturated carbocycles. The van der Waals surface area contributed by atoms with Gasteiger partial charge in [0.2, 0.25) is 0 Å². The lowest BCUT2D eigenvalue weighted by Crippen LogP contribution is -2.17. The molecular formula is C14H32O2S2. The van der Waals surface area contributed by atoms with Crippen molar-refractivity contribution in [3.63, 3.8) is 0 Å². The summed E-state index contributed by atoms with van der Waals surface area (Å²) in [6.45, 7) is 8.89. The lowest BCUT2D eigenvalue weighted by Gasteiger charge is -2.20. The van der Waals surface area contributed by atoms with Crippen LogP contribution in [0, 0.1) is 0 Å². The summed E-state index contributed by atoms with van der Waals surface area (Å²) in [6.07, 6.45) is 6.03. The fourth-order valence-corrected chi connectivity index (χ4v) is 2.46. The molecule has 0 saturated heterocycles. The normalized spacial score (nSPS) is 17.3. The first-order valence-electron chi connectivity index (χ1n) is 6.91. The van der Waals surface area contributed by atoms with Gasteiger partial charge in [0.05, 0.1) is 0 Å². The monoisotopic (exact) mass is 296 g/mol. The molecule has 0 aliphatic carbocycles. The van der Waals surface area contributed by atoms with Crippen LogP contribution in [0.4, 0.5) is 0 Å². The highest BCUT2D eigenvalue weighted by Crippen LogP contribution is 2.24. The Bertz CT molecular complexity index is 147. The van der Waals surface area contributed by atoms with Crippen LogP contribution in [0.1, 0.15) is 66.2 Å². The second-order valence-electron chi connectivity index (χ2n) is 5.44. The van der Waals surface area contributed by atoms with E-state index in [9.17, 15) is 0 Å². The van der Waals surface area contributed by atoms with Crippen LogP contribution in [0.25, 0.3) is 0 Å². The van der Waals surface area contributed by atoms with Gasteiger partial charge in [-0.2, -0.15) is 25.3 Å². The molecule has 2 unspecified atom stereocenters. The zero-order valence-corrected chi connectivity index (χ0v) is 14.2. The molecule has 0 amide bonds. The van der Waals surface area contributed by atoms with Crippen molar-refractivity contribution < 1.29 is 10.2 Å². The maximum atomic E-state index is 8.58. The average molecular weight is 297 g/mol. The van der Waals surface area contributed by atoms with E-state index in [4.69, 9.17) is 10.2 Å². The third-order valence-corrected chi connectivity index (χ3v) is 3.77. The molecule has 0 aliphatic heterocycles. The average Bonchev–Trinajstić information content (AvgIpc) is 2.17. The van der Waals surface area contributed by atoms with Gasteiger partial charge in [0, 0.05) is 22.7 Å². The van der Waals surface area contributed by atoms with Gasteiger partial charge < -0.3 is 10.2 Å². The van der Waals surface area contributed by atoms with E-state index in [1.54, 1.807) is 0 Å². The van der Waals surface area contributed by atoms with Crippen molar-refractivity contribution in [2.24, 2.45) is 0 Å². The van der Waals surface area contributed by atoms with E-state index < -0.39 is 0 Å². The number of aliphatic hydroxyl groups is 2. The van der Waals surface area contributed by atoms with E-state index >= 15 is 0 Å². The molecule has 0 aliphatic rings.